The maximum Gasteiger partial charge on any atom is 0.0631 e. The first-order valence-corrected chi connectivity index (χ1v) is 4.17. The molecule has 0 aliphatic carbocycles. The molecule has 0 aromatic carbocycles. The van der Waals surface area contributed by atoms with Crippen molar-refractivity contribution < 1.29 is 0 Å². The zero-order valence-corrected chi connectivity index (χ0v) is 7.52. The van der Waals surface area contributed by atoms with Gasteiger partial charge in [-0.1, -0.05) is 6.58 Å². The van der Waals surface area contributed by atoms with E-state index in [0.717, 1.165) is 0 Å². The van der Waals surface area contributed by atoms with Crippen LogP contribution in [0.2, 0.25) is 0 Å². The Morgan fingerprint density at radius 3 is 1.44 bits per heavy atom. The van der Waals surface area contributed by atoms with Gasteiger partial charge >= 0.3 is 0 Å². The average Bonchev–Trinajstić information content (AvgIpc) is 1.64. The van der Waals surface area contributed by atoms with Crippen LogP contribution < -0.4 is 0 Å². The van der Waals surface area contributed by atoms with E-state index in [2.05, 4.69) is 44.1 Å². The Hall–Kier alpha value is 0.0900. The lowest BCUT2D eigenvalue weighted by Crippen LogP contribution is -2.14. The first-order chi connectivity index (χ1) is 4.09. The number of hydrogen-bond acceptors (Lipinski definition) is 2. The highest BCUT2D eigenvalue weighted by atomic mass is 31.1. The lowest BCUT2D eigenvalue weighted by Gasteiger charge is -2.26. The van der Waals surface area contributed by atoms with Gasteiger partial charge in [0, 0.05) is 0 Å². The minimum absolute atomic E-state index is 0.246. The summed E-state index contributed by atoms with van der Waals surface area (Å²) in [5.74, 6) is 1.98. The molecule has 0 unspecified atom stereocenters. The van der Waals surface area contributed by atoms with Gasteiger partial charge in [-0.25, -0.2) is 0 Å². The summed E-state index contributed by atoms with van der Waals surface area (Å²) < 4.78 is 4.34. The molecule has 0 spiro atoms. The Kier molecular flexibility index (Phi) is 4.03. The molecule has 2 nitrogen and oxygen atoms in total. The van der Waals surface area contributed by atoms with Crippen molar-refractivity contribution in [2.24, 2.45) is 0 Å². The van der Waals surface area contributed by atoms with E-state index in [-0.39, 0.29) is 8.22 Å². The molecule has 0 amide bonds. The minimum atomic E-state index is -0.246. The molecule has 0 bridgehead atoms. The van der Waals surface area contributed by atoms with Crippen LogP contribution in [0, 0.1) is 0 Å². The number of hydrogen-bond donors (Lipinski definition) is 0. The third kappa shape index (κ3) is 2.95. The summed E-state index contributed by atoms with van der Waals surface area (Å²) in [4.78, 5) is 0. The fraction of sp³-hybridized carbons (Fsp3) is 0.667. The second-order valence-corrected chi connectivity index (χ2v) is 4.80. The summed E-state index contributed by atoms with van der Waals surface area (Å²) in [6.45, 7) is 3.75. The zero-order chi connectivity index (χ0) is 7.44. The van der Waals surface area contributed by atoms with Crippen LogP contribution in [0.5, 0.6) is 0 Å². The molecular weight excluding hydrogens is 131 g/mol. The maximum atomic E-state index is 3.75. The smallest absolute Gasteiger partial charge is 0.0631 e. The monoisotopic (exact) mass is 146 g/mol. The van der Waals surface area contributed by atoms with Crippen molar-refractivity contribution in [2.75, 3.05) is 28.2 Å². The van der Waals surface area contributed by atoms with E-state index in [4.69, 9.17) is 0 Å². The van der Waals surface area contributed by atoms with Crippen molar-refractivity contribution >= 4 is 8.22 Å². The highest BCUT2D eigenvalue weighted by Crippen LogP contribution is 2.39. The van der Waals surface area contributed by atoms with Crippen molar-refractivity contribution in [2.45, 2.75) is 0 Å². The van der Waals surface area contributed by atoms with Gasteiger partial charge in [-0.3, -0.25) is 9.34 Å². The van der Waals surface area contributed by atoms with Crippen LogP contribution >= 0.6 is 8.22 Å². The second kappa shape index (κ2) is 3.99. The molecule has 0 N–H and O–H groups in total. The van der Waals surface area contributed by atoms with Gasteiger partial charge in [0.15, 0.2) is 0 Å². The van der Waals surface area contributed by atoms with Crippen LogP contribution in [0.25, 0.3) is 0 Å². The fourth-order valence-corrected chi connectivity index (χ4v) is 2.05. The highest BCUT2D eigenvalue weighted by Gasteiger charge is 2.07. The van der Waals surface area contributed by atoms with E-state index in [1.165, 1.54) is 0 Å². The molecule has 0 fully saturated rings. The second-order valence-electron chi connectivity index (χ2n) is 2.20. The molecule has 0 radical (unpaired) electrons. The summed E-state index contributed by atoms with van der Waals surface area (Å²) in [6.07, 6.45) is 0. The minimum Gasteiger partial charge on any atom is -0.273 e. The van der Waals surface area contributed by atoms with Gasteiger partial charge in [-0.15, -0.1) is 0 Å². The van der Waals surface area contributed by atoms with Crippen molar-refractivity contribution in [1.82, 2.24) is 9.34 Å². The standard InChI is InChI=1S/C6H15N2P/c1-6-9(7(2)3)8(4)5/h6H,1H2,2-5H3. The predicted octanol–water partition coefficient (Wildman–Crippen LogP) is 1.56. The quantitative estimate of drug-likeness (QED) is 0.557. The third-order valence-electron chi connectivity index (χ3n) is 0.983. The van der Waals surface area contributed by atoms with Gasteiger partial charge in [-0.2, -0.15) is 0 Å². The van der Waals surface area contributed by atoms with Crippen LogP contribution in [-0.2, 0) is 0 Å². The SMILES string of the molecule is C=CP(N(C)C)N(C)C. The number of nitrogens with zero attached hydrogens (tertiary/aromatic N) is 2. The lowest BCUT2D eigenvalue weighted by atomic mass is 11.2. The van der Waals surface area contributed by atoms with Crippen LogP contribution in [0.15, 0.2) is 12.4 Å². The van der Waals surface area contributed by atoms with Gasteiger partial charge in [0.05, 0.1) is 8.22 Å². The Morgan fingerprint density at radius 2 is 1.44 bits per heavy atom. The van der Waals surface area contributed by atoms with Crippen LogP contribution in [-0.4, -0.2) is 37.5 Å². The molecule has 3 heteroatoms. The Morgan fingerprint density at radius 1 is 1.11 bits per heavy atom. The maximum absolute atomic E-state index is 3.75. The van der Waals surface area contributed by atoms with E-state index in [9.17, 15) is 0 Å². The summed E-state index contributed by atoms with van der Waals surface area (Å²) >= 11 is 0. The molecule has 0 atom stereocenters. The fourth-order valence-electron chi connectivity index (χ4n) is 0.684. The molecule has 0 rings (SSSR count). The molecule has 0 heterocycles. The molecular formula is C6H15N2P. The first kappa shape index (κ1) is 9.09. The van der Waals surface area contributed by atoms with Gasteiger partial charge in [0.1, 0.15) is 0 Å². The van der Waals surface area contributed by atoms with Gasteiger partial charge in [0.2, 0.25) is 0 Å². The van der Waals surface area contributed by atoms with Crippen molar-refractivity contribution in [1.29, 1.82) is 0 Å². The normalized spacial score (nSPS) is 11.4. The molecule has 0 aromatic heterocycles. The molecule has 0 aliphatic heterocycles. The molecule has 9 heavy (non-hydrogen) atoms. The zero-order valence-electron chi connectivity index (χ0n) is 6.63. The lowest BCUT2D eigenvalue weighted by molar-refractivity contribution is 0.583. The topological polar surface area (TPSA) is 6.48 Å². The third-order valence-corrected chi connectivity index (χ3v) is 2.95. The van der Waals surface area contributed by atoms with Crippen molar-refractivity contribution in [3.8, 4) is 0 Å². The average molecular weight is 146 g/mol. The van der Waals surface area contributed by atoms with Crippen LogP contribution in [0.1, 0.15) is 0 Å². The van der Waals surface area contributed by atoms with Gasteiger partial charge in [0.25, 0.3) is 0 Å². The Labute approximate surface area is 59.0 Å². The largest absolute Gasteiger partial charge is 0.273 e. The van der Waals surface area contributed by atoms with E-state index in [1.54, 1.807) is 0 Å². The number of rotatable bonds is 3. The van der Waals surface area contributed by atoms with Crippen molar-refractivity contribution in [3.05, 3.63) is 12.4 Å². The summed E-state index contributed by atoms with van der Waals surface area (Å²) in [5.41, 5.74) is 0. The Bertz CT molecular complexity index is 83.1. The van der Waals surface area contributed by atoms with Crippen LogP contribution in [0.4, 0.5) is 0 Å². The summed E-state index contributed by atoms with van der Waals surface area (Å²) in [5, 5.41) is 0. The Balaban J connectivity index is 3.82. The van der Waals surface area contributed by atoms with E-state index in [0.29, 0.717) is 0 Å². The van der Waals surface area contributed by atoms with Gasteiger partial charge < -0.3 is 0 Å². The summed E-state index contributed by atoms with van der Waals surface area (Å²) in [6, 6.07) is 0. The van der Waals surface area contributed by atoms with E-state index >= 15 is 0 Å². The van der Waals surface area contributed by atoms with E-state index in [1.807, 2.05) is 5.82 Å². The van der Waals surface area contributed by atoms with Crippen molar-refractivity contribution in [3.63, 3.8) is 0 Å². The summed E-state index contributed by atoms with van der Waals surface area (Å²) in [7, 11) is 8.01. The van der Waals surface area contributed by atoms with Crippen LogP contribution in [0.3, 0.4) is 0 Å². The molecule has 0 saturated heterocycles. The first-order valence-electron chi connectivity index (χ1n) is 2.86. The van der Waals surface area contributed by atoms with E-state index < -0.39 is 0 Å². The molecule has 0 aliphatic rings. The highest BCUT2D eigenvalue weighted by molar-refractivity contribution is 7.55. The molecule has 0 saturated carbocycles. The molecule has 0 aromatic rings. The van der Waals surface area contributed by atoms with Gasteiger partial charge in [-0.05, 0) is 34.0 Å². The predicted molar refractivity (Wildman–Crippen MR) is 44.5 cm³/mol. The molecule has 54 valence electrons.